The SMILES string of the molecule is Cc1cc(-c2ccnc(Nc3cnn4c3CCC4)n2)ccc1CCC(=O)N1CCC(C(C)(C)C)C1. The molecule has 5 rings (SSSR count). The van der Waals surface area contributed by atoms with Gasteiger partial charge in [0.1, 0.15) is 0 Å². The molecule has 0 bridgehead atoms. The lowest BCUT2D eigenvalue weighted by atomic mass is 9.80. The van der Waals surface area contributed by atoms with Crippen molar-refractivity contribution in [3.8, 4) is 11.3 Å². The van der Waals surface area contributed by atoms with E-state index < -0.39 is 0 Å². The molecule has 0 saturated carbocycles. The summed E-state index contributed by atoms with van der Waals surface area (Å²) >= 11 is 0. The van der Waals surface area contributed by atoms with Gasteiger partial charge in [0.15, 0.2) is 0 Å². The highest BCUT2D eigenvalue weighted by Crippen LogP contribution is 2.34. The summed E-state index contributed by atoms with van der Waals surface area (Å²) in [5, 5.41) is 7.78. The highest BCUT2D eigenvalue weighted by atomic mass is 16.2. The van der Waals surface area contributed by atoms with Crippen molar-refractivity contribution < 1.29 is 4.79 Å². The number of fused-ring (bicyclic) bond motifs is 1. The first-order chi connectivity index (χ1) is 16.8. The van der Waals surface area contributed by atoms with Crippen LogP contribution in [0.25, 0.3) is 11.3 Å². The molecule has 2 aliphatic rings. The first kappa shape index (κ1) is 23.5. The van der Waals surface area contributed by atoms with Crippen LogP contribution in [0.2, 0.25) is 0 Å². The molecule has 1 atom stereocenters. The normalized spacial score (nSPS) is 17.6. The number of aromatic nitrogens is 4. The number of hydrogen-bond acceptors (Lipinski definition) is 5. The monoisotopic (exact) mass is 472 g/mol. The second-order valence-electron chi connectivity index (χ2n) is 11.1. The summed E-state index contributed by atoms with van der Waals surface area (Å²) in [4.78, 5) is 24.0. The van der Waals surface area contributed by atoms with Crippen LogP contribution < -0.4 is 5.32 Å². The maximum Gasteiger partial charge on any atom is 0.227 e. The number of aryl methyl sites for hydroxylation is 3. The van der Waals surface area contributed by atoms with Crippen molar-refractivity contribution in [2.75, 3.05) is 18.4 Å². The van der Waals surface area contributed by atoms with Crippen LogP contribution in [0.4, 0.5) is 11.6 Å². The molecule has 184 valence electrons. The van der Waals surface area contributed by atoms with Gasteiger partial charge in [-0.25, -0.2) is 9.97 Å². The van der Waals surface area contributed by atoms with Crippen LogP contribution in [0.15, 0.2) is 36.7 Å². The fourth-order valence-corrected chi connectivity index (χ4v) is 5.30. The molecule has 1 aromatic carbocycles. The Morgan fingerprint density at radius 3 is 2.83 bits per heavy atom. The molecule has 35 heavy (non-hydrogen) atoms. The molecule has 1 N–H and O–H groups in total. The Labute approximate surface area is 208 Å². The maximum absolute atomic E-state index is 12.8. The van der Waals surface area contributed by atoms with Crippen LogP contribution in [0.5, 0.6) is 0 Å². The van der Waals surface area contributed by atoms with E-state index in [9.17, 15) is 4.79 Å². The Kier molecular flexibility index (Phi) is 6.34. The van der Waals surface area contributed by atoms with Crippen LogP contribution >= 0.6 is 0 Å². The summed E-state index contributed by atoms with van der Waals surface area (Å²) in [7, 11) is 0. The molecule has 2 aromatic heterocycles. The number of benzene rings is 1. The van der Waals surface area contributed by atoms with Gasteiger partial charge in [-0.15, -0.1) is 0 Å². The van der Waals surface area contributed by atoms with Crippen LogP contribution in [-0.4, -0.2) is 43.6 Å². The zero-order chi connectivity index (χ0) is 24.6. The van der Waals surface area contributed by atoms with Crippen LogP contribution in [-0.2, 0) is 24.2 Å². The van der Waals surface area contributed by atoms with Gasteiger partial charge in [0.2, 0.25) is 11.9 Å². The zero-order valence-corrected chi connectivity index (χ0v) is 21.3. The quantitative estimate of drug-likeness (QED) is 0.536. The number of rotatable bonds is 6. The average molecular weight is 473 g/mol. The molecule has 2 aliphatic heterocycles. The van der Waals surface area contributed by atoms with Gasteiger partial charge in [0.25, 0.3) is 0 Å². The lowest BCUT2D eigenvalue weighted by molar-refractivity contribution is -0.130. The molecule has 1 saturated heterocycles. The maximum atomic E-state index is 12.8. The molecule has 3 aromatic rings. The number of amides is 1. The van der Waals surface area contributed by atoms with Gasteiger partial charge in [-0.05, 0) is 67.2 Å². The van der Waals surface area contributed by atoms with Gasteiger partial charge in [-0.3, -0.25) is 9.48 Å². The van der Waals surface area contributed by atoms with E-state index in [4.69, 9.17) is 4.98 Å². The minimum absolute atomic E-state index is 0.261. The van der Waals surface area contributed by atoms with Gasteiger partial charge in [0, 0.05) is 37.8 Å². The minimum atomic E-state index is 0.261. The third kappa shape index (κ3) is 5.09. The second-order valence-corrected chi connectivity index (χ2v) is 11.1. The van der Waals surface area contributed by atoms with Crippen LogP contribution in [0.1, 0.15) is 56.9 Å². The van der Waals surface area contributed by atoms with E-state index in [0.29, 0.717) is 18.3 Å². The highest BCUT2D eigenvalue weighted by molar-refractivity contribution is 5.77. The van der Waals surface area contributed by atoms with E-state index in [-0.39, 0.29) is 11.3 Å². The van der Waals surface area contributed by atoms with Crippen molar-refractivity contribution >= 4 is 17.5 Å². The third-order valence-electron chi connectivity index (χ3n) is 7.65. The summed E-state index contributed by atoms with van der Waals surface area (Å²) in [6, 6.07) is 8.33. The number of nitrogens with zero attached hydrogens (tertiary/aromatic N) is 5. The number of hydrogen-bond donors (Lipinski definition) is 1. The Morgan fingerprint density at radius 2 is 2.06 bits per heavy atom. The molecule has 7 heteroatoms. The van der Waals surface area contributed by atoms with Crippen molar-refractivity contribution in [2.45, 2.75) is 66.3 Å². The second kappa shape index (κ2) is 9.44. The number of anilines is 2. The molecule has 1 amide bonds. The number of carbonyl (C=O) groups excluding carboxylic acids is 1. The van der Waals surface area contributed by atoms with Crippen LogP contribution in [0.3, 0.4) is 0 Å². The smallest absolute Gasteiger partial charge is 0.227 e. The van der Waals surface area contributed by atoms with E-state index in [1.807, 2.05) is 16.9 Å². The van der Waals surface area contributed by atoms with E-state index in [1.165, 1.54) is 16.8 Å². The predicted octanol–water partition coefficient (Wildman–Crippen LogP) is 5.17. The molecule has 0 aliphatic carbocycles. The van der Waals surface area contributed by atoms with Crippen molar-refractivity contribution in [1.29, 1.82) is 0 Å². The minimum Gasteiger partial charge on any atom is -0.342 e. The summed E-state index contributed by atoms with van der Waals surface area (Å²) in [5.41, 5.74) is 6.80. The van der Waals surface area contributed by atoms with Gasteiger partial charge in [-0.1, -0.05) is 32.9 Å². The van der Waals surface area contributed by atoms with Crippen molar-refractivity contribution in [1.82, 2.24) is 24.6 Å². The molecule has 4 heterocycles. The number of likely N-dealkylation sites (tertiary alicyclic amines) is 1. The molecule has 0 radical (unpaired) electrons. The van der Waals surface area contributed by atoms with E-state index in [1.54, 1.807) is 6.20 Å². The van der Waals surface area contributed by atoms with Gasteiger partial charge in [0.05, 0.1) is 23.3 Å². The fourth-order valence-electron chi connectivity index (χ4n) is 5.30. The van der Waals surface area contributed by atoms with Crippen LogP contribution in [0, 0.1) is 18.3 Å². The summed E-state index contributed by atoms with van der Waals surface area (Å²) in [6.45, 7) is 11.7. The Hall–Kier alpha value is -3.22. The molecule has 1 unspecified atom stereocenters. The molecular weight excluding hydrogens is 436 g/mol. The first-order valence-electron chi connectivity index (χ1n) is 12.8. The Balaban J connectivity index is 1.22. The summed E-state index contributed by atoms with van der Waals surface area (Å²) in [6.07, 6.45) is 8.25. The summed E-state index contributed by atoms with van der Waals surface area (Å²) in [5.74, 6) is 1.45. The average Bonchev–Trinajstić information content (AvgIpc) is 3.57. The molecule has 7 nitrogen and oxygen atoms in total. The molecular formula is C28H36N6O. The van der Waals surface area contributed by atoms with Gasteiger partial charge in [-0.2, -0.15) is 5.10 Å². The highest BCUT2D eigenvalue weighted by Gasteiger charge is 2.33. The molecule has 1 fully saturated rings. The first-order valence-corrected chi connectivity index (χ1v) is 12.8. The van der Waals surface area contributed by atoms with Gasteiger partial charge < -0.3 is 10.2 Å². The summed E-state index contributed by atoms with van der Waals surface area (Å²) < 4.78 is 2.05. The topological polar surface area (TPSA) is 75.9 Å². The largest absolute Gasteiger partial charge is 0.342 e. The van der Waals surface area contributed by atoms with E-state index in [0.717, 1.165) is 62.3 Å². The Bertz CT molecular complexity index is 1220. The molecule has 0 spiro atoms. The number of carbonyl (C=O) groups is 1. The van der Waals surface area contributed by atoms with Crippen molar-refractivity contribution in [2.24, 2.45) is 11.3 Å². The van der Waals surface area contributed by atoms with E-state index in [2.05, 4.69) is 66.2 Å². The van der Waals surface area contributed by atoms with Crippen molar-refractivity contribution in [3.63, 3.8) is 0 Å². The van der Waals surface area contributed by atoms with Crippen molar-refractivity contribution in [3.05, 3.63) is 53.5 Å². The zero-order valence-electron chi connectivity index (χ0n) is 21.3. The number of nitrogens with one attached hydrogen (secondary N) is 1. The fraction of sp³-hybridized carbons (Fsp3) is 0.500. The van der Waals surface area contributed by atoms with E-state index >= 15 is 0 Å². The lowest BCUT2D eigenvalue weighted by Gasteiger charge is -2.27. The lowest BCUT2D eigenvalue weighted by Crippen LogP contribution is -2.31. The standard InChI is InChI=1S/C28H36N6O/c1-19-16-21(8-7-20(19)9-10-26(35)33-15-12-22(18-33)28(2,3)4)23-11-13-29-27(31-23)32-24-17-30-34-14-5-6-25(24)34/h7-8,11,13,16-17,22H,5-6,9-10,12,14-15,18H2,1-4H3,(H,29,31,32). The van der Waals surface area contributed by atoms with Gasteiger partial charge >= 0.3 is 0 Å². The third-order valence-corrected chi connectivity index (χ3v) is 7.65. The Morgan fingerprint density at radius 1 is 1.20 bits per heavy atom. The predicted molar refractivity (Wildman–Crippen MR) is 138 cm³/mol.